The Morgan fingerprint density at radius 1 is 0.935 bits per heavy atom. The maximum absolute atomic E-state index is 12.6. The van der Waals surface area contributed by atoms with Crippen molar-refractivity contribution in [1.82, 2.24) is 0 Å². The fourth-order valence-electron chi connectivity index (χ4n) is 3.30. The van der Waals surface area contributed by atoms with Gasteiger partial charge in [0.1, 0.15) is 4.91 Å². The first-order valence-electron chi connectivity index (χ1n) is 9.16. The number of hydrogen-bond donors (Lipinski definition) is 0. The lowest BCUT2D eigenvalue weighted by Crippen LogP contribution is -2.49. The van der Waals surface area contributed by atoms with E-state index in [2.05, 4.69) is 5.10 Å². The lowest BCUT2D eigenvalue weighted by atomic mass is 10.2. The van der Waals surface area contributed by atoms with Crippen molar-refractivity contribution in [2.75, 3.05) is 24.1 Å². The predicted octanol–water partition coefficient (Wildman–Crippen LogP) is 4.65. The Kier molecular flexibility index (Phi) is 5.92. The Morgan fingerprint density at radius 2 is 1.58 bits per heavy atom. The van der Waals surface area contributed by atoms with E-state index in [0.717, 1.165) is 5.69 Å². The minimum atomic E-state index is -1.02. The molecule has 0 N–H and O–H groups in total. The summed E-state index contributed by atoms with van der Waals surface area (Å²) in [6, 6.07) is 16.7. The minimum absolute atomic E-state index is 0.171. The molecule has 0 aromatic heterocycles. The van der Waals surface area contributed by atoms with E-state index in [1.165, 1.54) is 37.7 Å². The quantitative estimate of drug-likeness (QED) is 0.592. The Labute approximate surface area is 193 Å². The Morgan fingerprint density at radius 3 is 2.19 bits per heavy atom. The van der Waals surface area contributed by atoms with Crippen LogP contribution >= 0.6 is 35.1 Å². The number of allylic oxidation sites excluding steroid dienone is 1. The van der Waals surface area contributed by atoms with Crippen LogP contribution in [0.3, 0.4) is 0 Å². The van der Waals surface area contributed by atoms with Gasteiger partial charge >= 0.3 is 11.9 Å². The molecule has 2 aliphatic rings. The maximum Gasteiger partial charge on any atom is 0.365 e. The third-order valence-corrected chi connectivity index (χ3v) is 7.79. The van der Waals surface area contributed by atoms with Gasteiger partial charge in [-0.15, -0.1) is 0 Å². The molecule has 0 radical (unpaired) electrons. The fraction of sp³-hybridized carbons (Fsp3) is 0.190. The lowest BCUT2D eigenvalue weighted by molar-refractivity contribution is -0.135. The van der Waals surface area contributed by atoms with Crippen LogP contribution in [0.15, 0.2) is 70.3 Å². The topological polar surface area (TPSA) is 71.4 Å². The summed E-state index contributed by atoms with van der Waals surface area (Å²) in [7, 11) is 2.65. The van der Waals surface area contributed by atoms with Crippen molar-refractivity contribution in [2.45, 2.75) is 11.3 Å². The summed E-state index contributed by atoms with van der Waals surface area (Å²) in [5.74, 6) is -1.01. The van der Waals surface area contributed by atoms with Crippen LogP contribution in [0.5, 0.6) is 0 Å². The number of hydrogen-bond acceptors (Lipinski definition) is 9. The van der Waals surface area contributed by atoms with Gasteiger partial charge in [0.2, 0.25) is 9.37 Å². The number of carbonyl (C=O) groups excluding carboxylic acids is 2. The molecule has 0 saturated heterocycles. The highest BCUT2D eigenvalue weighted by atomic mass is 35.5. The summed E-state index contributed by atoms with van der Waals surface area (Å²) >= 11 is 8.56. The van der Waals surface area contributed by atoms with E-state index in [-0.39, 0.29) is 5.04 Å². The number of para-hydroxylation sites is 1. The molecule has 1 atom stereocenters. The molecule has 0 bridgehead atoms. The number of benzene rings is 2. The highest BCUT2D eigenvalue weighted by Crippen LogP contribution is 2.60. The molecule has 2 aromatic carbocycles. The van der Waals surface area contributed by atoms with E-state index < -0.39 is 16.3 Å². The number of methoxy groups -OCH3 is 2. The number of carbonyl (C=O) groups is 2. The molecule has 0 aliphatic carbocycles. The van der Waals surface area contributed by atoms with Crippen molar-refractivity contribution in [2.24, 2.45) is 5.10 Å². The molecule has 1 spiro atoms. The van der Waals surface area contributed by atoms with E-state index in [1.807, 2.05) is 54.3 Å². The molecule has 0 unspecified atom stereocenters. The Hall–Kier alpha value is -2.62. The SMILES string of the molecule is COC(=O)C1=NN(c2ccc(Cl)cc2)[C@@]2(S1)SC(C(=O)OC)=C(C)N2c1ccccc1. The number of rotatable bonds is 4. The fourth-order valence-corrected chi connectivity index (χ4v) is 6.43. The van der Waals surface area contributed by atoms with Gasteiger partial charge in [-0.3, -0.25) is 0 Å². The second-order valence-electron chi connectivity index (χ2n) is 6.51. The second-order valence-corrected chi connectivity index (χ2v) is 9.55. The molecule has 10 heteroatoms. The van der Waals surface area contributed by atoms with Crippen LogP contribution in [0.25, 0.3) is 0 Å². The monoisotopic (exact) mass is 475 g/mol. The zero-order chi connectivity index (χ0) is 22.2. The highest BCUT2D eigenvalue weighted by molar-refractivity contribution is 8.29. The standard InChI is InChI=1S/C21H18ClN3O4S2/c1-13-17(19(26)28-2)30-21(24(13)15-7-5-4-6-8-15)25(16-11-9-14(22)10-12-16)23-18(31-21)20(27)29-3/h4-12H,1-3H3/t21-/m1/s1. The molecule has 2 heterocycles. The van der Waals surface area contributed by atoms with E-state index in [1.54, 1.807) is 17.1 Å². The first-order chi connectivity index (χ1) is 14.9. The van der Waals surface area contributed by atoms with E-state index in [0.29, 0.717) is 21.3 Å². The summed E-state index contributed by atoms with van der Waals surface area (Å²) in [4.78, 5) is 27.4. The number of halogens is 1. The largest absolute Gasteiger partial charge is 0.465 e. The number of ether oxygens (including phenoxy) is 2. The number of nitrogens with zero attached hydrogens (tertiary/aromatic N) is 3. The molecule has 0 amide bonds. The second kappa shape index (κ2) is 8.49. The van der Waals surface area contributed by atoms with Crippen LogP contribution in [0.2, 0.25) is 5.02 Å². The van der Waals surface area contributed by atoms with Gasteiger partial charge in [0.25, 0.3) is 0 Å². The Balaban J connectivity index is 1.91. The maximum atomic E-state index is 12.6. The minimum Gasteiger partial charge on any atom is -0.465 e. The molecule has 2 aliphatic heterocycles. The van der Waals surface area contributed by atoms with Gasteiger partial charge in [-0.05, 0) is 55.1 Å². The van der Waals surface area contributed by atoms with Crippen molar-refractivity contribution in [3.8, 4) is 0 Å². The van der Waals surface area contributed by atoms with Gasteiger partial charge in [-0.25, -0.2) is 14.6 Å². The summed E-state index contributed by atoms with van der Waals surface area (Å²) in [6.45, 7) is 1.84. The number of thioether (sulfide) groups is 2. The first-order valence-corrected chi connectivity index (χ1v) is 11.2. The summed E-state index contributed by atoms with van der Waals surface area (Å²) in [6.07, 6.45) is 0. The summed E-state index contributed by atoms with van der Waals surface area (Å²) in [5, 5.41) is 7.03. The molecule has 0 fully saturated rings. The van der Waals surface area contributed by atoms with Crippen LogP contribution in [-0.2, 0) is 19.1 Å². The highest BCUT2D eigenvalue weighted by Gasteiger charge is 2.58. The molecule has 7 nitrogen and oxygen atoms in total. The molecule has 31 heavy (non-hydrogen) atoms. The van der Waals surface area contributed by atoms with E-state index in [9.17, 15) is 9.59 Å². The average Bonchev–Trinajstić information content (AvgIpc) is 3.31. The average molecular weight is 476 g/mol. The normalized spacial score (nSPS) is 20.3. The molecule has 2 aromatic rings. The van der Waals surface area contributed by atoms with Crippen LogP contribution < -0.4 is 9.91 Å². The molecule has 160 valence electrons. The van der Waals surface area contributed by atoms with Crippen LogP contribution in [0.4, 0.5) is 11.4 Å². The van der Waals surface area contributed by atoms with Crippen LogP contribution in [0.1, 0.15) is 6.92 Å². The predicted molar refractivity (Wildman–Crippen MR) is 125 cm³/mol. The van der Waals surface area contributed by atoms with Crippen molar-refractivity contribution in [3.63, 3.8) is 0 Å². The van der Waals surface area contributed by atoms with Gasteiger partial charge in [-0.1, -0.05) is 41.6 Å². The van der Waals surface area contributed by atoms with Gasteiger partial charge < -0.3 is 14.4 Å². The van der Waals surface area contributed by atoms with E-state index >= 15 is 0 Å². The van der Waals surface area contributed by atoms with Gasteiger partial charge in [-0.2, -0.15) is 5.10 Å². The lowest BCUT2D eigenvalue weighted by Gasteiger charge is -2.41. The Bertz CT molecular complexity index is 1090. The first kappa shape index (κ1) is 21.6. The zero-order valence-corrected chi connectivity index (χ0v) is 19.3. The van der Waals surface area contributed by atoms with Crippen molar-refractivity contribution in [3.05, 3.63) is 70.2 Å². The smallest absolute Gasteiger partial charge is 0.365 e. The summed E-state index contributed by atoms with van der Waals surface area (Å²) < 4.78 is 8.94. The number of hydrazone groups is 1. The van der Waals surface area contributed by atoms with Crippen molar-refractivity contribution in [1.29, 1.82) is 0 Å². The third-order valence-electron chi connectivity index (χ3n) is 4.69. The van der Waals surface area contributed by atoms with Gasteiger partial charge in [0, 0.05) is 16.4 Å². The molecule has 0 saturated carbocycles. The van der Waals surface area contributed by atoms with Crippen LogP contribution in [0, 0.1) is 0 Å². The third kappa shape index (κ3) is 3.66. The number of esters is 2. The number of anilines is 2. The zero-order valence-electron chi connectivity index (χ0n) is 16.9. The van der Waals surface area contributed by atoms with Crippen molar-refractivity contribution < 1.29 is 19.1 Å². The summed E-state index contributed by atoms with van der Waals surface area (Å²) in [5.41, 5.74) is 2.22. The molecular weight excluding hydrogens is 458 g/mol. The van der Waals surface area contributed by atoms with E-state index in [4.69, 9.17) is 21.1 Å². The van der Waals surface area contributed by atoms with Gasteiger partial charge in [0.05, 0.1) is 19.9 Å². The van der Waals surface area contributed by atoms with Gasteiger partial charge in [0.15, 0.2) is 0 Å². The molecular formula is C21H18ClN3O4S2. The van der Waals surface area contributed by atoms with Crippen molar-refractivity contribution >= 4 is 63.5 Å². The molecule has 4 rings (SSSR count). The van der Waals surface area contributed by atoms with Crippen LogP contribution in [-0.4, -0.2) is 35.5 Å².